The van der Waals surface area contributed by atoms with Gasteiger partial charge in [-0.25, -0.2) is 5.10 Å². The largest absolute Gasteiger partial charge is 0.387 e. The van der Waals surface area contributed by atoms with Crippen molar-refractivity contribution in [1.82, 2.24) is 10.2 Å². The molecule has 0 radical (unpaired) electrons. The molecule has 0 fully saturated rings. The maximum Gasteiger partial charge on any atom is 0.285 e. The monoisotopic (exact) mass is 333 g/mol. The zero-order valence-corrected chi connectivity index (χ0v) is 12.3. The van der Waals surface area contributed by atoms with Gasteiger partial charge < -0.3 is 10.4 Å². The van der Waals surface area contributed by atoms with Crippen molar-refractivity contribution in [2.45, 2.75) is 6.10 Å². The highest BCUT2D eigenvalue weighted by atomic mass is 35.5. The minimum absolute atomic E-state index is 0.0173. The topological polar surface area (TPSA) is 78.0 Å². The highest BCUT2D eigenvalue weighted by Crippen LogP contribution is 2.24. The Morgan fingerprint density at radius 1 is 1.25 bits per heavy atom. The number of aliphatic hydroxyl groups is 1. The first-order valence-electron chi connectivity index (χ1n) is 5.58. The zero-order valence-electron chi connectivity index (χ0n) is 10.0. The van der Waals surface area contributed by atoms with Crippen LogP contribution in [0.1, 0.15) is 11.7 Å². The van der Waals surface area contributed by atoms with Gasteiger partial charge in [0.15, 0.2) is 0 Å². The molecule has 2 aromatic rings. The quantitative estimate of drug-likeness (QED) is 0.803. The maximum absolute atomic E-state index is 11.3. The molecule has 0 aliphatic heterocycles. The fourth-order valence-corrected chi connectivity index (χ4v) is 2.30. The van der Waals surface area contributed by atoms with Crippen LogP contribution in [0.3, 0.4) is 0 Å². The molecule has 0 spiro atoms. The molecule has 1 heterocycles. The first kappa shape index (κ1) is 15.1. The van der Waals surface area contributed by atoms with Gasteiger partial charge in [0, 0.05) is 16.6 Å². The molecule has 1 atom stereocenters. The van der Waals surface area contributed by atoms with Gasteiger partial charge in [0.1, 0.15) is 5.02 Å². The van der Waals surface area contributed by atoms with Crippen LogP contribution in [0.15, 0.2) is 29.2 Å². The third kappa shape index (κ3) is 3.64. The normalized spacial score (nSPS) is 12.2. The fourth-order valence-electron chi connectivity index (χ4n) is 1.60. The van der Waals surface area contributed by atoms with Crippen LogP contribution in [-0.2, 0) is 0 Å². The van der Waals surface area contributed by atoms with Gasteiger partial charge in [-0.1, -0.05) is 34.8 Å². The number of benzene rings is 1. The number of aromatic amines is 1. The number of nitrogens with zero attached hydrogens (tertiary/aromatic N) is 1. The van der Waals surface area contributed by atoms with Gasteiger partial charge in [0.25, 0.3) is 5.56 Å². The lowest BCUT2D eigenvalue weighted by atomic mass is 10.1. The van der Waals surface area contributed by atoms with Gasteiger partial charge >= 0.3 is 0 Å². The molecule has 3 N–H and O–H groups in total. The smallest absolute Gasteiger partial charge is 0.285 e. The second-order valence-corrected chi connectivity index (χ2v) is 5.28. The van der Waals surface area contributed by atoms with Crippen molar-refractivity contribution in [3.8, 4) is 0 Å². The molecule has 1 unspecified atom stereocenters. The Morgan fingerprint density at radius 2 is 1.90 bits per heavy atom. The SMILES string of the molecule is O=c1[nH]ncc(NCC(O)c2cc(Cl)cc(Cl)c2)c1Cl. The molecular weight excluding hydrogens is 325 g/mol. The summed E-state index contributed by atoms with van der Waals surface area (Å²) in [6, 6.07) is 4.79. The van der Waals surface area contributed by atoms with Gasteiger partial charge in [-0.05, 0) is 23.8 Å². The second kappa shape index (κ2) is 6.45. The number of hydrogen-bond donors (Lipinski definition) is 3. The average molecular weight is 335 g/mol. The van der Waals surface area contributed by atoms with E-state index in [0.717, 1.165) is 0 Å². The van der Waals surface area contributed by atoms with Crippen molar-refractivity contribution < 1.29 is 5.11 Å². The molecular formula is C12H10Cl3N3O2. The van der Waals surface area contributed by atoms with Crippen molar-refractivity contribution >= 4 is 40.5 Å². The van der Waals surface area contributed by atoms with Gasteiger partial charge in [-0.3, -0.25) is 4.79 Å². The molecule has 20 heavy (non-hydrogen) atoms. The number of hydrogen-bond acceptors (Lipinski definition) is 4. The van der Waals surface area contributed by atoms with Gasteiger partial charge in [0.2, 0.25) is 0 Å². The van der Waals surface area contributed by atoms with Crippen molar-refractivity contribution in [2.75, 3.05) is 11.9 Å². The highest BCUT2D eigenvalue weighted by Gasteiger charge is 2.11. The van der Waals surface area contributed by atoms with E-state index in [4.69, 9.17) is 34.8 Å². The van der Waals surface area contributed by atoms with E-state index in [-0.39, 0.29) is 11.6 Å². The summed E-state index contributed by atoms with van der Waals surface area (Å²) < 4.78 is 0. The van der Waals surface area contributed by atoms with Crippen LogP contribution >= 0.6 is 34.8 Å². The molecule has 106 valence electrons. The van der Waals surface area contributed by atoms with E-state index >= 15 is 0 Å². The molecule has 0 aliphatic carbocycles. The molecule has 0 saturated carbocycles. The standard InChI is InChI=1S/C12H10Cl3N3O2/c13-7-1-6(2-8(14)3-7)10(19)5-16-9-4-17-18-12(20)11(9)15/h1-4,10,19H,5H2,(H2,16,18,20). The zero-order chi connectivity index (χ0) is 14.7. The highest BCUT2D eigenvalue weighted by molar-refractivity contribution is 6.34. The first-order valence-corrected chi connectivity index (χ1v) is 6.72. The van der Waals surface area contributed by atoms with Crippen LogP contribution in [-0.4, -0.2) is 21.8 Å². The maximum atomic E-state index is 11.3. The summed E-state index contributed by atoms with van der Waals surface area (Å²) in [5.74, 6) is 0. The van der Waals surface area contributed by atoms with E-state index < -0.39 is 11.7 Å². The first-order chi connectivity index (χ1) is 9.47. The Bertz CT molecular complexity index is 655. The van der Waals surface area contributed by atoms with Crippen molar-refractivity contribution in [1.29, 1.82) is 0 Å². The van der Waals surface area contributed by atoms with Crippen LogP contribution in [0.2, 0.25) is 15.1 Å². The molecule has 2 rings (SSSR count). The van der Waals surface area contributed by atoms with E-state index in [2.05, 4.69) is 15.5 Å². The summed E-state index contributed by atoms with van der Waals surface area (Å²) in [4.78, 5) is 11.3. The van der Waals surface area contributed by atoms with Crippen LogP contribution < -0.4 is 10.9 Å². The van der Waals surface area contributed by atoms with E-state index in [0.29, 0.717) is 21.3 Å². The van der Waals surface area contributed by atoms with Crippen LogP contribution in [0.4, 0.5) is 5.69 Å². The third-order valence-electron chi connectivity index (χ3n) is 2.55. The number of H-pyrrole nitrogens is 1. The Morgan fingerprint density at radius 3 is 2.55 bits per heavy atom. The third-order valence-corrected chi connectivity index (χ3v) is 3.36. The summed E-state index contributed by atoms with van der Waals surface area (Å²) >= 11 is 17.5. The lowest BCUT2D eigenvalue weighted by Gasteiger charge is -2.14. The van der Waals surface area contributed by atoms with Gasteiger partial charge in [-0.2, -0.15) is 5.10 Å². The van der Waals surface area contributed by atoms with Gasteiger partial charge in [0.05, 0.1) is 18.0 Å². The predicted molar refractivity (Wildman–Crippen MR) is 79.8 cm³/mol. The van der Waals surface area contributed by atoms with E-state index in [1.165, 1.54) is 6.20 Å². The second-order valence-electron chi connectivity index (χ2n) is 4.03. The minimum Gasteiger partial charge on any atom is -0.387 e. The van der Waals surface area contributed by atoms with E-state index in [9.17, 15) is 9.90 Å². The Balaban J connectivity index is 2.10. The number of anilines is 1. The summed E-state index contributed by atoms with van der Waals surface area (Å²) in [6.07, 6.45) is 0.503. The average Bonchev–Trinajstić information content (AvgIpc) is 2.39. The number of halogens is 3. The van der Waals surface area contributed by atoms with E-state index in [1.807, 2.05) is 0 Å². The van der Waals surface area contributed by atoms with Crippen molar-refractivity contribution in [2.24, 2.45) is 0 Å². The fraction of sp³-hybridized carbons (Fsp3) is 0.167. The molecule has 0 amide bonds. The molecule has 1 aromatic carbocycles. The number of rotatable bonds is 4. The van der Waals surface area contributed by atoms with E-state index in [1.54, 1.807) is 18.2 Å². The summed E-state index contributed by atoms with van der Waals surface area (Å²) in [5, 5.41) is 19.6. The Kier molecular flexibility index (Phi) is 4.88. The van der Waals surface area contributed by atoms with Gasteiger partial charge in [-0.15, -0.1) is 0 Å². The summed E-state index contributed by atoms with van der Waals surface area (Å²) in [5.41, 5.74) is 0.392. The van der Waals surface area contributed by atoms with Crippen molar-refractivity contribution in [3.05, 3.63) is 55.4 Å². The van der Waals surface area contributed by atoms with Crippen LogP contribution in [0, 0.1) is 0 Å². The summed E-state index contributed by atoms with van der Waals surface area (Å²) in [7, 11) is 0. The molecule has 5 nitrogen and oxygen atoms in total. The number of aromatic nitrogens is 2. The van der Waals surface area contributed by atoms with Crippen LogP contribution in [0.25, 0.3) is 0 Å². The summed E-state index contributed by atoms with van der Waals surface area (Å²) in [6.45, 7) is 0.127. The molecule has 1 aromatic heterocycles. The lowest BCUT2D eigenvalue weighted by Crippen LogP contribution is -2.16. The molecule has 8 heteroatoms. The Labute approximate surface area is 129 Å². The lowest BCUT2D eigenvalue weighted by molar-refractivity contribution is 0.191. The number of nitrogens with one attached hydrogen (secondary N) is 2. The predicted octanol–water partition coefficient (Wildman–Crippen LogP) is 2.88. The number of aliphatic hydroxyl groups excluding tert-OH is 1. The van der Waals surface area contributed by atoms with Crippen molar-refractivity contribution in [3.63, 3.8) is 0 Å². The molecule has 0 saturated heterocycles. The molecule has 0 bridgehead atoms. The minimum atomic E-state index is -0.860. The van der Waals surface area contributed by atoms with Crippen LogP contribution in [0.5, 0.6) is 0 Å². The Hall–Kier alpha value is -1.27. The molecule has 0 aliphatic rings.